The van der Waals surface area contributed by atoms with Gasteiger partial charge in [0, 0.05) is 24.0 Å². The number of benzene rings is 2. The first-order valence-corrected chi connectivity index (χ1v) is 9.07. The molecule has 24 heavy (non-hydrogen) atoms. The molecule has 1 aromatic heterocycles. The van der Waals surface area contributed by atoms with E-state index in [9.17, 15) is 0 Å². The van der Waals surface area contributed by atoms with Crippen molar-refractivity contribution in [2.24, 2.45) is 0 Å². The number of anilines is 3. The number of halogens is 1. The number of aromatic nitrogens is 2. The van der Waals surface area contributed by atoms with Crippen LogP contribution in [0, 0.1) is 0 Å². The number of hydrogen-bond donors (Lipinski definition) is 2. The van der Waals surface area contributed by atoms with Crippen LogP contribution in [0.1, 0.15) is 5.56 Å². The minimum absolute atomic E-state index is 0.577. The van der Waals surface area contributed by atoms with Gasteiger partial charge in [-0.2, -0.15) is 0 Å². The van der Waals surface area contributed by atoms with Gasteiger partial charge in [0.05, 0.1) is 10.7 Å². The van der Waals surface area contributed by atoms with Gasteiger partial charge in [0.15, 0.2) is 5.16 Å². The maximum Gasteiger partial charge on any atom is 0.189 e. The molecular formula is C18H17ClN4S. The molecule has 0 bridgehead atoms. The van der Waals surface area contributed by atoms with Crippen molar-refractivity contribution in [3.8, 4) is 0 Å². The Morgan fingerprint density at radius 2 is 1.79 bits per heavy atom. The largest absolute Gasteiger partial charge is 0.380 e. The zero-order valence-electron chi connectivity index (χ0n) is 13.2. The van der Waals surface area contributed by atoms with E-state index in [-0.39, 0.29) is 0 Å². The number of hydrogen-bond acceptors (Lipinski definition) is 5. The number of nitrogens with one attached hydrogen (secondary N) is 2. The molecule has 0 aliphatic heterocycles. The van der Waals surface area contributed by atoms with Gasteiger partial charge in [-0.1, -0.05) is 53.7 Å². The molecule has 0 amide bonds. The summed E-state index contributed by atoms with van der Waals surface area (Å²) in [6, 6.07) is 17.6. The van der Waals surface area contributed by atoms with E-state index in [1.807, 2.05) is 67.0 Å². The topological polar surface area (TPSA) is 49.8 Å². The van der Waals surface area contributed by atoms with Crippen molar-refractivity contribution in [1.29, 1.82) is 0 Å². The average molecular weight is 357 g/mol. The molecule has 0 aliphatic rings. The highest BCUT2D eigenvalue weighted by Gasteiger charge is 2.08. The average Bonchev–Trinajstić information content (AvgIpc) is 2.62. The maximum atomic E-state index is 6.19. The Bertz CT molecular complexity index is 811. The second-order valence-electron chi connectivity index (χ2n) is 5.05. The third-order valence-electron chi connectivity index (χ3n) is 3.40. The van der Waals surface area contributed by atoms with Crippen LogP contribution in [-0.4, -0.2) is 16.2 Å². The summed E-state index contributed by atoms with van der Waals surface area (Å²) in [4.78, 5) is 8.96. The first kappa shape index (κ1) is 16.6. The van der Waals surface area contributed by atoms with Gasteiger partial charge in [-0.15, -0.1) is 0 Å². The van der Waals surface area contributed by atoms with Gasteiger partial charge in [-0.05, 0) is 30.5 Å². The van der Waals surface area contributed by atoms with Crippen LogP contribution in [0.25, 0.3) is 0 Å². The van der Waals surface area contributed by atoms with Crippen molar-refractivity contribution in [2.75, 3.05) is 16.9 Å². The van der Waals surface area contributed by atoms with Gasteiger partial charge in [-0.3, -0.25) is 0 Å². The predicted molar refractivity (Wildman–Crippen MR) is 102 cm³/mol. The maximum absolute atomic E-state index is 6.19. The minimum Gasteiger partial charge on any atom is -0.380 e. The van der Waals surface area contributed by atoms with E-state index in [0.29, 0.717) is 11.6 Å². The summed E-state index contributed by atoms with van der Waals surface area (Å²) in [7, 11) is 0. The van der Waals surface area contributed by atoms with Gasteiger partial charge in [0.25, 0.3) is 0 Å². The zero-order chi connectivity index (χ0) is 16.8. The summed E-state index contributed by atoms with van der Waals surface area (Å²) in [6.45, 7) is 0.577. The fourth-order valence-corrected chi connectivity index (χ4v) is 2.72. The molecule has 3 aromatic rings. The first-order valence-electron chi connectivity index (χ1n) is 7.46. The first-order chi connectivity index (χ1) is 11.8. The van der Waals surface area contributed by atoms with Crippen LogP contribution in [0.2, 0.25) is 5.02 Å². The highest BCUT2D eigenvalue weighted by atomic mass is 35.5. The lowest BCUT2D eigenvalue weighted by atomic mass is 10.2. The molecule has 0 spiro atoms. The third kappa shape index (κ3) is 4.19. The summed E-state index contributed by atoms with van der Waals surface area (Å²) < 4.78 is 0. The van der Waals surface area contributed by atoms with Gasteiger partial charge >= 0.3 is 0 Å². The normalized spacial score (nSPS) is 10.4. The summed E-state index contributed by atoms with van der Waals surface area (Å²) in [6.07, 6.45) is 3.80. The summed E-state index contributed by atoms with van der Waals surface area (Å²) >= 11 is 7.71. The summed E-state index contributed by atoms with van der Waals surface area (Å²) in [5.74, 6) is 0.792. The molecule has 2 N–H and O–H groups in total. The molecule has 122 valence electrons. The summed E-state index contributed by atoms with van der Waals surface area (Å²) in [5, 5.41) is 8.12. The van der Waals surface area contributed by atoms with Crippen molar-refractivity contribution in [3.63, 3.8) is 0 Å². The predicted octanol–water partition coefficient (Wildman–Crippen LogP) is 5.21. The van der Waals surface area contributed by atoms with Crippen LogP contribution in [0.5, 0.6) is 0 Å². The van der Waals surface area contributed by atoms with E-state index >= 15 is 0 Å². The SMILES string of the molecule is CSc1ncc(CNc2ccccc2Cl)c(Nc2ccccc2)n1. The van der Waals surface area contributed by atoms with Crippen LogP contribution in [0.3, 0.4) is 0 Å². The van der Waals surface area contributed by atoms with Crippen molar-refractivity contribution in [2.45, 2.75) is 11.7 Å². The van der Waals surface area contributed by atoms with E-state index in [2.05, 4.69) is 20.6 Å². The second kappa shape index (κ2) is 8.04. The van der Waals surface area contributed by atoms with Crippen molar-refractivity contribution < 1.29 is 0 Å². The molecule has 2 aromatic carbocycles. The molecular weight excluding hydrogens is 340 g/mol. The van der Waals surface area contributed by atoms with Crippen LogP contribution in [0.15, 0.2) is 66.0 Å². The Labute approximate surface area is 150 Å². The van der Waals surface area contributed by atoms with Crippen molar-refractivity contribution >= 4 is 40.6 Å². The van der Waals surface area contributed by atoms with Crippen LogP contribution >= 0.6 is 23.4 Å². The minimum atomic E-state index is 0.577. The molecule has 0 saturated carbocycles. The Kier molecular flexibility index (Phi) is 5.56. The summed E-state index contributed by atoms with van der Waals surface area (Å²) in [5.41, 5.74) is 2.84. The molecule has 3 rings (SSSR count). The number of thioether (sulfide) groups is 1. The molecule has 0 radical (unpaired) electrons. The lowest BCUT2D eigenvalue weighted by Crippen LogP contribution is -2.07. The molecule has 0 saturated heterocycles. The fraction of sp³-hybridized carbons (Fsp3) is 0.111. The Morgan fingerprint density at radius 1 is 1.04 bits per heavy atom. The number of para-hydroxylation sites is 2. The highest BCUT2D eigenvalue weighted by Crippen LogP contribution is 2.24. The molecule has 0 unspecified atom stereocenters. The smallest absolute Gasteiger partial charge is 0.189 e. The molecule has 6 heteroatoms. The van der Waals surface area contributed by atoms with E-state index in [1.165, 1.54) is 11.8 Å². The van der Waals surface area contributed by atoms with Crippen molar-refractivity contribution in [1.82, 2.24) is 9.97 Å². The number of nitrogens with zero attached hydrogens (tertiary/aromatic N) is 2. The number of rotatable bonds is 6. The van der Waals surface area contributed by atoms with E-state index in [1.54, 1.807) is 0 Å². The Balaban J connectivity index is 1.82. The molecule has 1 heterocycles. The second-order valence-corrected chi connectivity index (χ2v) is 6.24. The lowest BCUT2D eigenvalue weighted by molar-refractivity contribution is 0.937. The van der Waals surface area contributed by atoms with Gasteiger partial charge < -0.3 is 10.6 Å². The standard InChI is InChI=1S/C18H17ClN4S/c1-24-18-21-12-13(11-20-16-10-6-5-9-15(16)19)17(23-18)22-14-7-3-2-4-8-14/h2-10,12,20H,11H2,1H3,(H,21,22,23). The molecule has 0 atom stereocenters. The fourth-order valence-electron chi connectivity index (χ4n) is 2.18. The molecule has 4 nitrogen and oxygen atoms in total. The van der Waals surface area contributed by atoms with Gasteiger partial charge in [-0.25, -0.2) is 9.97 Å². The van der Waals surface area contributed by atoms with Crippen LogP contribution in [-0.2, 0) is 6.54 Å². The van der Waals surface area contributed by atoms with Crippen molar-refractivity contribution in [3.05, 3.63) is 71.4 Å². The quantitative estimate of drug-likeness (QED) is 0.469. The van der Waals surface area contributed by atoms with E-state index in [0.717, 1.165) is 27.9 Å². The third-order valence-corrected chi connectivity index (χ3v) is 4.30. The van der Waals surface area contributed by atoms with E-state index in [4.69, 9.17) is 11.6 Å². The van der Waals surface area contributed by atoms with E-state index < -0.39 is 0 Å². The van der Waals surface area contributed by atoms with Crippen LogP contribution in [0.4, 0.5) is 17.2 Å². The Morgan fingerprint density at radius 3 is 2.54 bits per heavy atom. The molecule has 0 aliphatic carbocycles. The zero-order valence-corrected chi connectivity index (χ0v) is 14.7. The Hall–Kier alpha value is -2.24. The molecule has 0 fully saturated rings. The van der Waals surface area contributed by atoms with Gasteiger partial charge in [0.2, 0.25) is 0 Å². The highest BCUT2D eigenvalue weighted by molar-refractivity contribution is 7.98. The van der Waals surface area contributed by atoms with Gasteiger partial charge in [0.1, 0.15) is 5.82 Å². The monoisotopic (exact) mass is 356 g/mol. The lowest BCUT2D eigenvalue weighted by Gasteiger charge is -2.13. The van der Waals surface area contributed by atoms with Crippen LogP contribution < -0.4 is 10.6 Å².